The van der Waals surface area contributed by atoms with Gasteiger partial charge in [0.2, 0.25) is 0 Å². The van der Waals surface area contributed by atoms with Crippen LogP contribution in [0.2, 0.25) is 0 Å². The summed E-state index contributed by atoms with van der Waals surface area (Å²) in [6.07, 6.45) is 2.68. The zero-order valence-corrected chi connectivity index (χ0v) is 11.6. The van der Waals surface area contributed by atoms with E-state index >= 15 is 0 Å². The highest BCUT2D eigenvalue weighted by Crippen LogP contribution is 2.37. The molecule has 0 radical (unpaired) electrons. The van der Waals surface area contributed by atoms with Gasteiger partial charge in [-0.3, -0.25) is 0 Å². The molecule has 0 amide bonds. The fourth-order valence-electron chi connectivity index (χ4n) is 2.26. The van der Waals surface area contributed by atoms with Gasteiger partial charge in [0.25, 0.3) is 0 Å². The van der Waals surface area contributed by atoms with Gasteiger partial charge in [0.05, 0.1) is 11.8 Å². The Labute approximate surface area is 107 Å². The van der Waals surface area contributed by atoms with Crippen molar-refractivity contribution in [2.24, 2.45) is 5.92 Å². The standard InChI is InChI=1S/C13H21NO2S/c1-4-16-12(8(2)3)13-14-11-9(15)6-5-7-10(11)17-13/h8-9,12,15H,4-7H2,1-3H3. The molecule has 2 atom stereocenters. The van der Waals surface area contributed by atoms with Gasteiger partial charge in [0, 0.05) is 11.5 Å². The SMILES string of the molecule is CCOC(c1nc2c(s1)CCCC2O)C(C)C. The van der Waals surface area contributed by atoms with Gasteiger partial charge in [-0.1, -0.05) is 13.8 Å². The molecule has 1 aliphatic carbocycles. The minimum Gasteiger partial charge on any atom is -0.387 e. The predicted octanol–water partition coefficient (Wildman–Crippen LogP) is 3.25. The summed E-state index contributed by atoms with van der Waals surface area (Å²) in [5, 5.41) is 11.0. The summed E-state index contributed by atoms with van der Waals surface area (Å²) < 4.78 is 5.77. The molecule has 1 aromatic heterocycles. The van der Waals surface area contributed by atoms with E-state index in [0.29, 0.717) is 12.5 Å². The van der Waals surface area contributed by atoms with Gasteiger partial charge in [-0.2, -0.15) is 0 Å². The zero-order valence-electron chi connectivity index (χ0n) is 10.8. The number of nitrogens with zero attached hydrogens (tertiary/aromatic N) is 1. The van der Waals surface area contributed by atoms with Gasteiger partial charge in [-0.05, 0) is 32.1 Å². The number of hydrogen-bond donors (Lipinski definition) is 1. The van der Waals surface area contributed by atoms with Crippen LogP contribution in [0, 0.1) is 5.92 Å². The number of aliphatic hydroxyl groups excluding tert-OH is 1. The lowest BCUT2D eigenvalue weighted by atomic mass is 10.0. The summed E-state index contributed by atoms with van der Waals surface area (Å²) in [5.41, 5.74) is 0.904. The van der Waals surface area contributed by atoms with Gasteiger partial charge >= 0.3 is 0 Å². The van der Waals surface area contributed by atoms with Crippen molar-refractivity contribution in [2.45, 2.75) is 52.2 Å². The molecule has 2 unspecified atom stereocenters. The maximum atomic E-state index is 9.93. The summed E-state index contributed by atoms with van der Waals surface area (Å²) >= 11 is 1.72. The lowest BCUT2D eigenvalue weighted by Crippen LogP contribution is -2.11. The molecular formula is C13H21NO2S. The molecule has 4 heteroatoms. The average molecular weight is 255 g/mol. The largest absolute Gasteiger partial charge is 0.387 e. The molecule has 0 aliphatic heterocycles. The van der Waals surface area contributed by atoms with Gasteiger partial charge < -0.3 is 9.84 Å². The third kappa shape index (κ3) is 2.69. The number of fused-ring (bicyclic) bond motifs is 1. The summed E-state index contributed by atoms with van der Waals surface area (Å²) in [4.78, 5) is 5.87. The zero-order chi connectivity index (χ0) is 12.4. The number of thiazole rings is 1. The summed E-state index contributed by atoms with van der Waals surface area (Å²) in [6, 6.07) is 0. The summed E-state index contributed by atoms with van der Waals surface area (Å²) in [5.74, 6) is 0.416. The van der Waals surface area contributed by atoms with E-state index in [1.54, 1.807) is 11.3 Å². The number of aliphatic hydroxyl groups is 1. The van der Waals surface area contributed by atoms with Crippen LogP contribution in [-0.2, 0) is 11.2 Å². The van der Waals surface area contributed by atoms with Crippen molar-refractivity contribution >= 4 is 11.3 Å². The number of aryl methyl sites for hydroxylation is 1. The van der Waals surface area contributed by atoms with Crippen molar-refractivity contribution in [3.05, 3.63) is 15.6 Å². The number of aromatic nitrogens is 1. The Balaban J connectivity index is 2.26. The smallest absolute Gasteiger partial charge is 0.122 e. The lowest BCUT2D eigenvalue weighted by molar-refractivity contribution is 0.0289. The Bertz CT molecular complexity index is 375. The molecule has 1 aromatic rings. The Kier molecular flexibility index (Phi) is 4.17. The molecule has 0 aromatic carbocycles. The van der Waals surface area contributed by atoms with E-state index in [4.69, 9.17) is 4.74 Å². The molecule has 0 bridgehead atoms. The number of ether oxygens (including phenoxy) is 1. The van der Waals surface area contributed by atoms with E-state index in [-0.39, 0.29) is 12.2 Å². The highest BCUT2D eigenvalue weighted by Gasteiger charge is 2.27. The second-order valence-corrected chi connectivity index (χ2v) is 6.00. The number of rotatable bonds is 4. The van der Waals surface area contributed by atoms with E-state index in [0.717, 1.165) is 30.0 Å². The second-order valence-electron chi connectivity index (χ2n) is 4.89. The van der Waals surface area contributed by atoms with Crippen LogP contribution < -0.4 is 0 Å². The first-order valence-electron chi connectivity index (χ1n) is 6.42. The van der Waals surface area contributed by atoms with Crippen LogP contribution in [0.25, 0.3) is 0 Å². The topological polar surface area (TPSA) is 42.4 Å². The fraction of sp³-hybridized carbons (Fsp3) is 0.769. The van der Waals surface area contributed by atoms with Crippen LogP contribution in [-0.4, -0.2) is 16.7 Å². The van der Waals surface area contributed by atoms with E-state index in [1.165, 1.54) is 4.88 Å². The van der Waals surface area contributed by atoms with Crippen LogP contribution in [0.4, 0.5) is 0 Å². The minimum atomic E-state index is -0.363. The Morgan fingerprint density at radius 1 is 1.53 bits per heavy atom. The molecule has 0 spiro atoms. The Hall–Kier alpha value is -0.450. The molecule has 1 N–H and O–H groups in total. The average Bonchev–Trinajstić information content (AvgIpc) is 2.70. The van der Waals surface area contributed by atoms with E-state index in [9.17, 15) is 5.11 Å². The van der Waals surface area contributed by atoms with Crippen molar-refractivity contribution in [3.8, 4) is 0 Å². The maximum Gasteiger partial charge on any atom is 0.122 e. The van der Waals surface area contributed by atoms with Gasteiger partial charge in [-0.25, -0.2) is 4.98 Å². The quantitative estimate of drug-likeness (QED) is 0.898. The molecule has 0 saturated carbocycles. The lowest BCUT2D eigenvalue weighted by Gasteiger charge is -2.18. The fourth-order valence-corrected chi connectivity index (χ4v) is 3.65. The van der Waals surface area contributed by atoms with Crippen molar-refractivity contribution in [2.75, 3.05) is 6.61 Å². The highest BCUT2D eigenvalue weighted by atomic mass is 32.1. The molecule has 1 aliphatic rings. The van der Waals surface area contributed by atoms with Crippen LogP contribution in [0.3, 0.4) is 0 Å². The first kappa shape index (κ1) is 13.0. The first-order chi connectivity index (χ1) is 8.13. The minimum absolute atomic E-state index is 0.0720. The third-order valence-electron chi connectivity index (χ3n) is 3.14. The molecule has 0 fully saturated rings. The molecule has 0 saturated heterocycles. The molecular weight excluding hydrogens is 234 g/mol. The van der Waals surface area contributed by atoms with Gasteiger partial charge in [-0.15, -0.1) is 11.3 Å². The second kappa shape index (κ2) is 5.46. The van der Waals surface area contributed by atoms with E-state index in [1.807, 2.05) is 6.92 Å². The van der Waals surface area contributed by atoms with Crippen LogP contribution >= 0.6 is 11.3 Å². The van der Waals surface area contributed by atoms with Crippen LogP contribution in [0.5, 0.6) is 0 Å². The predicted molar refractivity (Wildman–Crippen MR) is 69.2 cm³/mol. The van der Waals surface area contributed by atoms with Crippen LogP contribution in [0.1, 0.15) is 61.4 Å². The Morgan fingerprint density at radius 2 is 2.29 bits per heavy atom. The normalized spacial score (nSPS) is 21.6. The Morgan fingerprint density at radius 3 is 2.88 bits per heavy atom. The molecule has 17 heavy (non-hydrogen) atoms. The van der Waals surface area contributed by atoms with Crippen molar-refractivity contribution in [3.63, 3.8) is 0 Å². The van der Waals surface area contributed by atoms with Crippen molar-refractivity contribution in [1.29, 1.82) is 0 Å². The maximum absolute atomic E-state index is 9.93. The highest BCUT2D eigenvalue weighted by molar-refractivity contribution is 7.11. The van der Waals surface area contributed by atoms with E-state index < -0.39 is 0 Å². The van der Waals surface area contributed by atoms with E-state index in [2.05, 4.69) is 18.8 Å². The van der Waals surface area contributed by atoms with Gasteiger partial charge in [0.15, 0.2) is 0 Å². The molecule has 96 valence electrons. The molecule has 1 heterocycles. The molecule has 2 rings (SSSR count). The summed E-state index contributed by atoms with van der Waals surface area (Å²) in [6.45, 7) is 7.02. The van der Waals surface area contributed by atoms with Crippen molar-refractivity contribution in [1.82, 2.24) is 4.98 Å². The summed E-state index contributed by atoms with van der Waals surface area (Å²) in [7, 11) is 0. The number of hydrogen-bond acceptors (Lipinski definition) is 4. The van der Waals surface area contributed by atoms with Crippen molar-refractivity contribution < 1.29 is 9.84 Å². The van der Waals surface area contributed by atoms with Gasteiger partial charge in [0.1, 0.15) is 11.1 Å². The first-order valence-corrected chi connectivity index (χ1v) is 7.24. The van der Waals surface area contributed by atoms with Crippen LogP contribution in [0.15, 0.2) is 0 Å². The molecule has 3 nitrogen and oxygen atoms in total. The third-order valence-corrected chi connectivity index (χ3v) is 4.33. The monoisotopic (exact) mass is 255 g/mol.